The van der Waals surface area contributed by atoms with Crippen molar-refractivity contribution in [2.45, 2.75) is 19.7 Å². The number of nitro groups is 1. The molecule has 0 aliphatic rings. The van der Waals surface area contributed by atoms with E-state index in [9.17, 15) is 14.9 Å². The molecule has 0 atom stereocenters. The Morgan fingerprint density at radius 2 is 1.56 bits per heavy atom. The lowest BCUT2D eigenvalue weighted by molar-refractivity contribution is -0.384. The normalized spacial score (nSPS) is 10.5. The van der Waals surface area contributed by atoms with Crippen molar-refractivity contribution in [3.8, 4) is 11.5 Å². The molecular weight excluding hydrogens is 458 g/mol. The Hall–Kier alpha value is -4.72. The minimum absolute atomic E-state index is 0.0219. The van der Waals surface area contributed by atoms with E-state index >= 15 is 0 Å². The zero-order valence-electron chi connectivity index (χ0n) is 19.7. The number of pyridine rings is 1. The molecule has 3 aromatic carbocycles. The van der Waals surface area contributed by atoms with E-state index in [0.29, 0.717) is 35.7 Å². The lowest BCUT2D eigenvalue weighted by Gasteiger charge is -2.23. The standard InChI is InChI=1S/C28H25N3O5/c1-35-26-10-8-24(9-11-26)28(32)30(18-21-12-14-29-15-13-21)19-22-4-3-7-27(17-22)36-20-23-5-2-6-25(16-23)31(33)34/h2-17H,18-20H2,1H3. The molecule has 1 heterocycles. The number of ether oxygens (including phenoxy) is 2. The highest BCUT2D eigenvalue weighted by Gasteiger charge is 2.17. The summed E-state index contributed by atoms with van der Waals surface area (Å²) in [6.07, 6.45) is 3.40. The Bertz CT molecular complexity index is 1330. The SMILES string of the molecule is COc1ccc(C(=O)N(Cc2ccncc2)Cc2cccc(OCc3cccc([N+](=O)[O-])c3)c2)cc1. The highest BCUT2D eigenvalue weighted by atomic mass is 16.6. The molecule has 0 saturated carbocycles. The number of carbonyl (C=O) groups excluding carboxylic acids is 1. The van der Waals surface area contributed by atoms with Crippen LogP contribution < -0.4 is 9.47 Å². The number of rotatable bonds is 10. The van der Waals surface area contributed by atoms with Crippen molar-refractivity contribution in [3.05, 3.63) is 130 Å². The van der Waals surface area contributed by atoms with E-state index in [1.54, 1.807) is 60.8 Å². The Morgan fingerprint density at radius 1 is 0.861 bits per heavy atom. The first-order valence-electron chi connectivity index (χ1n) is 11.3. The van der Waals surface area contributed by atoms with Gasteiger partial charge in [0.05, 0.1) is 12.0 Å². The van der Waals surface area contributed by atoms with E-state index in [2.05, 4.69) is 4.98 Å². The Labute approximate surface area is 208 Å². The van der Waals surface area contributed by atoms with E-state index < -0.39 is 4.92 Å². The van der Waals surface area contributed by atoms with Gasteiger partial charge in [-0.05, 0) is 65.2 Å². The number of nitrogens with zero attached hydrogens (tertiary/aromatic N) is 3. The van der Waals surface area contributed by atoms with Gasteiger partial charge in [0, 0.05) is 43.2 Å². The Balaban J connectivity index is 1.51. The summed E-state index contributed by atoms with van der Waals surface area (Å²) >= 11 is 0. The zero-order chi connectivity index (χ0) is 25.3. The number of non-ortho nitro benzene ring substituents is 1. The van der Waals surface area contributed by atoms with Crippen LogP contribution >= 0.6 is 0 Å². The van der Waals surface area contributed by atoms with Crippen LogP contribution in [0.25, 0.3) is 0 Å². The zero-order valence-corrected chi connectivity index (χ0v) is 19.7. The second-order valence-corrected chi connectivity index (χ2v) is 8.11. The third-order valence-corrected chi connectivity index (χ3v) is 5.55. The highest BCUT2D eigenvalue weighted by Crippen LogP contribution is 2.21. The molecule has 0 unspecified atom stereocenters. The number of methoxy groups -OCH3 is 1. The molecule has 0 bridgehead atoms. The summed E-state index contributed by atoms with van der Waals surface area (Å²) in [6, 6.07) is 24.6. The van der Waals surface area contributed by atoms with Gasteiger partial charge in [-0.1, -0.05) is 24.3 Å². The van der Waals surface area contributed by atoms with E-state index in [-0.39, 0.29) is 18.2 Å². The van der Waals surface area contributed by atoms with Gasteiger partial charge in [0.25, 0.3) is 11.6 Å². The Kier molecular flexibility index (Phi) is 7.87. The van der Waals surface area contributed by atoms with E-state index in [4.69, 9.17) is 9.47 Å². The molecule has 8 nitrogen and oxygen atoms in total. The molecule has 8 heteroatoms. The average Bonchev–Trinajstić information content (AvgIpc) is 2.92. The van der Waals surface area contributed by atoms with Crippen molar-refractivity contribution in [1.29, 1.82) is 0 Å². The highest BCUT2D eigenvalue weighted by molar-refractivity contribution is 5.94. The quantitative estimate of drug-likeness (QED) is 0.221. The molecule has 0 radical (unpaired) electrons. The van der Waals surface area contributed by atoms with Crippen LogP contribution in [0.3, 0.4) is 0 Å². The fourth-order valence-electron chi connectivity index (χ4n) is 3.70. The largest absolute Gasteiger partial charge is 0.497 e. The van der Waals surface area contributed by atoms with Crippen molar-refractivity contribution in [3.63, 3.8) is 0 Å². The topological polar surface area (TPSA) is 94.8 Å². The van der Waals surface area contributed by atoms with Crippen LogP contribution in [-0.2, 0) is 19.7 Å². The van der Waals surface area contributed by atoms with Crippen LogP contribution in [0.15, 0.2) is 97.3 Å². The van der Waals surface area contributed by atoms with Crippen molar-refractivity contribution >= 4 is 11.6 Å². The lowest BCUT2D eigenvalue weighted by Crippen LogP contribution is -2.30. The predicted octanol–water partition coefficient (Wildman–Crippen LogP) is 5.42. The minimum Gasteiger partial charge on any atom is -0.497 e. The van der Waals surface area contributed by atoms with Crippen LogP contribution in [0, 0.1) is 10.1 Å². The van der Waals surface area contributed by atoms with Gasteiger partial charge < -0.3 is 14.4 Å². The van der Waals surface area contributed by atoms with Crippen LogP contribution in [0.1, 0.15) is 27.0 Å². The molecule has 0 aliphatic carbocycles. The maximum atomic E-state index is 13.4. The number of aromatic nitrogens is 1. The van der Waals surface area contributed by atoms with Gasteiger partial charge >= 0.3 is 0 Å². The average molecular weight is 484 g/mol. The molecule has 4 rings (SSSR count). The third-order valence-electron chi connectivity index (χ3n) is 5.55. The van der Waals surface area contributed by atoms with Gasteiger partial charge in [0.15, 0.2) is 0 Å². The van der Waals surface area contributed by atoms with Gasteiger partial charge in [0.1, 0.15) is 18.1 Å². The van der Waals surface area contributed by atoms with E-state index in [1.807, 2.05) is 36.4 Å². The summed E-state index contributed by atoms with van der Waals surface area (Å²) < 4.78 is 11.1. The van der Waals surface area contributed by atoms with E-state index in [0.717, 1.165) is 11.1 Å². The number of benzene rings is 3. The molecule has 182 valence electrons. The van der Waals surface area contributed by atoms with Gasteiger partial charge in [-0.25, -0.2) is 0 Å². The summed E-state index contributed by atoms with van der Waals surface area (Å²) in [5, 5.41) is 11.0. The molecule has 1 amide bonds. The van der Waals surface area contributed by atoms with Crippen LogP contribution in [0.5, 0.6) is 11.5 Å². The molecule has 0 aliphatic heterocycles. The van der Waals surface area contributed by atoms with Gasteiger partial charge in [-0.3, -0.25) is 19.9 Å². The molecule has 4 aromatic rings. The first-order chi connectivity index (χ1) is 17.5. The number of carbonyl (C=O) groups is 1. The van der Waals surface area contributed by atoms with Crippen LogP contribution in [0.2, 0.25) is 0 Å². The second kappa shape index (κ2) is 11.6. The molecule has 0 N–H and O–H groups in total. The first-order valence-corrected chi connectivity index (χ1v) is 11.3. The fraction of sp³-hybridized carbons (Fsp3) is 0.143. The van der Waals surface area contributed by atoms with Crippen molar-refractivity contribution < 1.29 is 19.2 Å². The molecule has 0 fully saturated rings. The minimum atomic E-state index is -0.429. The summed E-state index contributed by atoms with van der Waals surface area (Å²) in [5.74, 6) is 1.18. The van der Waals surface area contributed by atoms with Crippen LogP contribution in [0.4, 0.5) is 5.69 Å². The van der Waals surface area contributed by atoms with Crippen molar-refractivity contribution in [1.82, 2.24) is 9.88 Å². The molecule has 36 heavy (non-hydrogen) atoms. The third kappa shape index (κ3) is 6.44. The Morgan fingerprint density at radius 3 is 2.28 bits per heavy atom. The lowest BCUT2D eigenvalue weighted by atomic mass is 10.1. The number of amides is 1. The summed E-state index contributed by atoms with van der Waals surface area (Å²) in [6.45, 7) is 0.962. The number of hydrogen-bond acceptors (Lipinski definition) is 6. The number of hydrogen-bond donors (Lipinski definition) is 0. The summed E-state index contributed by atoms with van der Waals surface area (Å²) in [4.78, 5) is 29.8. The van der Waals surface area contributed by atoms with E-state index in [1.165, 1.54) is 12.1 Å². The smallest absolute Gasteiger partial charge is 0.269 e. The number of nitro benzene ring substituents is 1. The van der Waals surface area contributed by atoms with Crippen molar-refractivity contribution in [2.75, 3.05) is 7.11 Å². The molecular formula is C28H25N3O5. The van der Waals surface area contributed by atoms with Crippen LogP contribution in [-0.4, -0.2) is 27.8 Å². The second-order valence-electron chi connectivity index (χ2n) is 8.11. The fourth-order valence-corrected chi connectivity index (χ4v) is 3.70. The summed E-state index contributed by atoms with van der Waals surface area (Å²) in [5.41, 5.74) is 3.13. The maximum absolute atomic E-state index is 13.4. The molecule has 0 saturated heterocycles. The van der Waals surface area contributed by atoms with Crippen molar-refractivity contribution in [2.24, 2.45) is 0 Å². The summed E-state index contributed by atoms with van der Waals surface area (Å²) in [7, 11) is 1.58. The maximum Gasteiger partial charge on any atom is 0.269 e. The van der Waals surface area contributed by atoms with Gasteiger partial charge in [0.2, 0.25) is 0 Å². The monoisotopic (exact) mass is 483 g/mol. The first kappa shape index (κ1) is 24.4. The predicted molar refractivity (Wildman–Crippen MR) is 135 cm³/mol. The molecule has 1 aromatic heterocycles. The van der Waals surface area contributed by atoms with Gasteiger partial charge in [-0.15, -0.1) is 0 Å². The van der Waals surface area contributed by atoms with Gasteiger partial charge in [-0.2, -0.15) is 0 Å². The molecule has 0 spiro atoms.